The Morgan fingerprint density at radius 2 is 1.88 bits per heavy atom. The maximum atomic E-state index is 12.5. The summed E-state index contributed by atoms with van der Waals surface area (Å²) in [6.07, 6.45) is 8.55. The Bertz CT molecular complexity index is 702. The third kappa shape index (κ3) is 4.46. The van der Waals surface area contributed by atoms with Crippen molar-refractivity contribution < 1.29 is 4.79 Å². The Balaban J connectivity index is 1.71. The molecule has 5 heteroatoms. The summed E-state index contributed by atoms with van der Waals surface area (Å²) in [4.78, 5) is 19.0. The molecule has 25 heavy (non-hydrogen) atoms. The first-order valence-electron chi connectivity index (χ1n) is 9.20. The van der Waals surface area contributed by atoms with Gasteiger partial charge in [0.15, 0.2) is 5.16 Å². The molecule has 1 aliphatic heterocycles. The SMILES string of the molecule is CC(C)c1ccccc1-n1ccnc1SCC(=O)N1CCCCCC1. The second-order valence-corrected chi connectivity index (χ2v) is 7.82. The lowest BCUT2D eigenvalue weighted by molar-refractivity contribution is -0.128. The van der Waals surface area contributed by atoms with E-state index >= 15 is 0 Å². The highest BCUT2D eigenvalue weighted by Gasteiger charge is 2.17. The molecular formula is C20H27N3OS. The standard InChI is InChI=1S/C20H27N3OS/c1-16(2)17-9-5-6-10-18(17)23-14-11-21-20(23)25-15-19(24)22-12-7-3-4-8-13-22/h5-6,9-11,14,16H,3-4,7-8,12-13,15H2,1-2H3. The van der Waals surface area contributed by atoms with Gasteiger partial charge in [0.05, 0.1) is 11.4 Å². The van der Waals surface area contributed by atoms with Crippen LogP contribution in [0.2, 0.25) is 0 Å². The molecule has 0 unspecified atom stereocenters. The number of amides is 1. The molecule has 0 bridgehead atoms. The third-order valence-corrected chi connectivity index (χ3v) is 5.66. The molecule has 0 N–H and O–H groups in total. The highest BCUT2D eigenvalue weighted by molar-refractivity contribution is 7.99. The van der Waals surface area contributed by atoms with Gasteiger partial charge >= 0.3 is 0 Å². The first kappa shape index (κ1) is 18.1. The molecule has 3 rings (SSSR count). The van der Waals surface area contributed by atoms with Gasteiger partial charge in [0, 0.05) is 25.5 Å². The second kappa shape index (κ2) is 8.56. The fourth-order valence-electron chi connectivity index (χ4n) is 3.31. The monoisotopic (exact) mass is 357 g/mol. The smallest absolute Gasteiger partial charge is 0.233 e. The maximum absolute atomic E-state index is 12.5. The number of aromatic nitrogens is 2. The molecule has 2 heterocycles. The molecule has 1 fully saturated rings. The van der Waals surface area contributed by atoms with Crippen molar-refractivity contribution in [2.45, 2.75) is 50.6 Å². The number of para-hydroxylation sites is 1. The normalized spacial score (nSPS) is 15.4. The fraction of sp³-hybridized carbons (Fsp3) is 0.500. The highest BCUT2D eigenvalue weighted by atomic mass is 32.2. The van der Waals surface area contributed by atoms with Gasteiger partial charge in [-0.15, -0.1) is 0 Å². The van der Waals surface area contributed by atoms with E-state index in [9.17, 15) is 4.79 Å². The molecular weight excluding hydrogens is 330 g/mol. The predicted molar refractivity (Wildman–Crippen MR) is 103 cm³/mol. The topological polar surface area (TPSA) is 38.1 Å². The largest absolute Gasteiger partial charge is 0.342 e. The minimum atomic E-state index is 0.235. The summed E-state index contributed by atoms with van der Waals surface area (Å²) in [5, 5.41) is 0.885. The van der Waals surface area contributed by atoms with Gasteiger partial charge in [-0.1, -0.05) is 56.7 Å². The molecule has 4 nitrogen and oxygen atoms in total. The number of rotatable bonds is 5. The van der Waals surface area contributed by atoms with Crippen LogP contribution < -0.4 is 0 Å². The summed E-state index contributed by atoms with van der Waals surface area (Å²) in [6, 6.07) is 8.41. The lowest BCUT2D eigenvalue weighted by Gasteiger charge is -2.20. The van der Waals surface area contributed by atoms with E-state index in [1.807, 2.05) is 17.3 Å². The number of likely N-dealkylation sites (tertiary alicyclic amines) is 1. The number of thioether (sulfide) groups is 1. The van der Waals surface area contributed by atoms with Crippen LogP contribution in [0, 0.1) is 0 Å². The van der Waals surface area contributed by atoms with Crippen LogP contribution in [-0.4, -0.2) is 39.2 Å². The summed E-state index contributed by atoms with van der Waals surface area (Å²) < 4.78 is 2.11. The van der Waals surface area contributed by atoms with E-state index in [2.05, 4.69) is 47.7 Å². The fourth-order valence-corrected chi connectivity index (χ4v) is 4.18. The van der Waals surface area contributed by atoms with Gasteiger partial charge in [-0.05, 0) is 30.4 Å². The van der Waals surface area contributed by atoms with Crippen molar-refractivity contribution in [1.29, 1.82) is 0 Å². The van der Waals surface area contributed by atoms with E-state index in [0.29, 0.717) is 11.7 Å². The number of imidazole rings is 1. The van der Waals surface area contributed by atoms with Crippen LogP contribution >= 0.6 is 11.8 Å². The molecule has 0 atom stereocenters. The molecule has 1 aliphatic rings. The van der Waals surface area contributed by atoms with E-state index in [1.54, 1.807) is 0 Å². The molecule has 1 amide bonds. The Hall–Kier alpha value is -1.75. The van der Waals surface area contributed by atoms with Crippen molar-refractivity contribution in [3.05, 3.63) is 42.2 Å². The lowest BCUT2D eigenvalue weighted by Crippen LogP contribution is -2.33. The van der Waals surface area contributed by atoms with Gasteiger partial charge in [0.1, 0.15) is 0 Å². The Morgan fingerprint density at radius 1 is 1.16 bits per heavy atom. The zero-order valence-electron chi connectivity index (χ0n) is 15.1. The molecule has 0 radical (unpaired) electrons. The van der Waals surface area contributed by atoms with Crippen LogP contribution in [0.15, 0.2) is 41.8 Å². The quantitative estimate of drug-likeness (QED) is 0.740. The van der Waals surface area contributed by atoms with Crippen LogP contribution in [0.5, 0.6) is 0 Å². The van der Waals surface area contributed by atoms with Gasteiger partial charge in [-0.3, -0.25) is 9.36 Å². The van der Waals surface area contributed by atoms with Gasteiger partial charge in [-0.2, -0.15) is 0 Å². The van der Waals surface area contributed by atoms with Crippen LogP contribution in [0.25, 0.3) is 5.69 Å². The van der Waals surface area contributed by atoms with E-state index in [0.717, 1.165) is 36.8 Å². The van der Waals surface area contributed by atoms with Crippen molar-refractivity contribution in [3.8, 4) is 5.69 Å². The van der Waals surface area contributed by atoms with Crippen LogP contribution in [0.1, 0.15) is 51.0 Å². The number of benzene rings is 1. The van der Waals surface area contributed by atoms with Crippen LogP contribution in [0.4, 0.5) is 0 Å². The van der Waals surface area contributed by atoms with Crippen molar-refractivity contribution in [1.82, 2.24) is 14.5 Å². The van der Waals surface area contributed by atoms with E-state index < -0.39 is 0 Å². The maximum Gasteiger partial charge on any atom is 0.233 e. The van der Waals surface area contributed by atoms with Gasteiger partial charge in [0.25, 0.3) is 0 Å². The number of carbonyl (C=O) groups is 1. The minimum Gasteiger partial charge on any atom is -0.342 e. The summed E-state index contributed by atoms with van der Waals surface area (Å²) in [5.41, 5.74) is 2.45. The van der Waals surface area contributed by atoms with Crippen molar-refractivity contribution in [2.24, 2.45) is 0 Å². The summed E-state index contributed by atoms with van der Waals surface area (Å²) in [7, 11) is 0. The number of hydrogen-bond acceptors (Lipinski definition) is 3. The minimum absolute atomic E-state index is 0.235. The molecule has 2 aromatic rings. The van der Waals surface area contributed by atoms with E-state index in [1.165, 1.54) is 30.2 Å². The first-order chi connectivity index (χ1) is 12.2. The summed E-state index contributed by atoms with van der Waals surface area (Å²) in [5.74, 6) is 1.13. The number of hydrogen-bond donors (Lipinski definition) is 0. The highest BCUT2D eigenvalue weighted by Crippen LogP contribution is 2.27. The van der Waals surface area contributed by atoms with Gasteiger partial charge < -0.3 is 4.90 Å². The van der Waals surface area contributed by atoms with Crippen LogP contribution in [-0.2, 0) is 4.79 Å². The van der Waals surface area contributed by atoms with E-state index in [-0.39, 0.29) is 5.91 Å². The molecule has 1 saturated heterocycles. The third-order valence-electron chi connectivity index (χ3n) is 4.71. The number of nitrogens with zero attached hydrogens (tertiary/aromatic N) is 3. The Kier molecular flexibility index (Phi) is 6.19. The van der Waals surface area contributed by atoms with Crippen molar-refractivity contribution >= 4 is 17.7 Å². The Labute approximate surface area is 154 Å². The predicted octanol–water partition coefficient (Wildman–Crippen LogP) is 4.49. The molecule has 1 aromatic heterocycles. The molecule has 0 spiro atoms. The summed E-state index contributed by atoms with van der Waals surface area (Å²) in [6.45, 7) is 6.21. The Morgan fingerprint density at radius 3 is 2.60 bits per heavy atom. The van der Waals surface area contributed by atoms with Crippen molar-refractivity contribution in [3.63, 3.8) is 0 Å². The second-order valence-electron chi connectivity index (χ2n) is 6.88. The lowest BCUT2D eigenvalue weighted by atomic mass is 10.0. The average Bonchev–Trinajstić information content (AvgIpc) is 2.91. The molecule has 1 aromatic carbocycles. The van der Waals surface area contributed by atoms with Gasteiger partial charge in [-0.25, -0.2) is 4.98 Å². The zero-order chi connectivity index (χ0) is 17.6. The molecule has 0 saturated carbocycles. The zero-order valence-corrected chi connectivity index (χ0v) is 16.0. The number of carbonyl (C=O) groups excluding carboxylic acids is 1. The van der Waals surface area contributed by atoms with Gasteiger partial charge in [0.2, 0.25) is 5.91 Å². The average molecular weight is 358 g/mol. The summed E-state index contributed by atoms with van der Waals surface area (Å²) >= 11 is 1.54. The molecule has 134 valence electrons. The van der Waals surface area contributed by atoms with Crippen molar-refractivity contribution in [2.75, 3.05) is 18.8 Å². The molecule has 0 aliphatic carbocycles. The van der Waals surface area contributed by atoms with Crippen LogP contribution in [0.3, 0.4) is 0 Å². The van der Waals surface area contributed by atoms with E-state index in [4.69, 9.17) is 0 Å². The first-order valence-corrected chi connectivity index (χ1v) is 10.2.